The van der Waals surface area contributed by atoms with Gasteiger partial charge in [-0.1, -0.05) is 48.0 Å². The molecule has 0 bridgehead atoms. The molecule has 5 heteroatoms. The normalized spacial score (nSPS) is 10.2. The van der Waals surface area contributed by atoms with Crippen LogP contribution in [0.1, 0.15) is 20.7 Å². The number of halogens is 1. The molecule has 0 saturated carbocycles. The van der Waals surface area contributed by atoms with Crippen LogP contribution in [-0.2, 0) is 4.74 Å². The second-order valence-corrected chi connectivity index (χ2v) is 5.89. The van der Waals surface area contributed by atoms with Crippen molar-refractivity contribution in [2.75, 3.05) is 6.61 Å². The zero-order valence-electron chi connectivity index (χ0n) is 13.7. The number of benzene rings is 3. The molecule has 4 nitrogen and oxygen atoms in total. The number of Topliss-reactive ketones (excluding diaryl/α,β-unsaturated/α-hetero) is 1. The second-order valence-electron chi connectivity index (χ2n) is 5.45. The second kappa shape index (κ2) is 8.32. The van der Waals surface area contributed by atoms with E-state index in [-0.39, 0.29) is 12.4 Å². The van der Waals surface area contributed by atoms with Crippen molar-refractivity contribution in [3.8, 4) is 11.5 Å². The lowest BCUT2D eigenvalue weighted by Gasteiger charge is -2.08. The average molecular weight is 367 g/mol. The van der Waals surface area contributed by atoms with Crippen molar-refractivity contribution < 1.29 is 19.1 Å². The fourth-order valence-electron chi connectivity index (χ4n) is 2.27. The van der Waals surface area contributed by atoms with Crippen molar-refractivity contribution in [1.82, 2.24) is 0 Å². The Hall–Kier alpha value is -3.11. The molecule has 0 aliphatic heterocycles. The van der Waals surface area contributed by atoms with E-state index in [1.165, 1.54) is 6.07 Å². The molecule has 0 N–H and O–H groups in total. The van der Waals surface area contributed by atoms with E-state index in [2.05, 4.69) is 0 Å². The molecule has 3 rings (SSSR count). The van der Waals surface area contributed by atoms with Crippen molar-refractivity contribution in [2.45, 2.75) is 0 Å². The Morgan fingerprint density at radius 2 is 1.46 bits per heavy atom. The smallest absolute Gasteiger partial charge is 0.338 e. The fraction of sp³-hybridized carbons (Fsp3) is 0.0476. The zero-order chi connectivity index (χ0) is 18.4. The van der Waals surface area contributed by atoms with Gasteiger partial charge in [0, 0.05) is 10.6 Å². The van der Waals surface area contributed by atoms with Gasteiger partial charge in [-0.05, 0) is 42.5 Å². The van der Waals surface area contributed by atoms with Gasteiger partial charge in [-0.15, -0.1) is 0 Å². The number of hydrogen-bond donors (Lipinski definition) is 0. The maximum atomic E-state index is 12.2. The van der Waals surface area contributed by atoms with Crippen molar-refractivity contribution in [3.63, 3.8) is 0 Å². The van der Waals surface area contributed by atoms with E-state index in [9.17, 15) is 9.59 Å². The summed E-state index contributed by atoms with van der Waals surface area (Å²) in [7, 11) is 0. The van der Waals surface area contributed by atoms with Gasteiger partial charge in [-0.25, -0.2) is 4.79 Å². The van der Waals surface area contributed by atoms with Crippen LogP contribution in [0.4, 0.5) is 0 Å². The van der Waals surface area contributed by atoms with E-state index in [1.807, 2.05) is 30.3 Å². The van der Waals surface area contributed by atoms with E-state index < -0.39 is 5.97 Å². The molecule has 0 amide bonds. The Bertz CT molecular complexity index is 922. The highest BCUT2D eigenvalue weighted by Crippen LogP contribution is 2.22. The van der Waals surface area contributed by atoms with E-state index in [4.69, 9.17) is 21.1 Å². The number of ketones is 1. The molecule has 130 valence electrons. The molecule has 26 heavy (non-hydrogen) atoms. The summed E-state index contributed by atoms with van der Waals surface area (Å²) in [4.78, 5) is 24.3. The van der Waals surface area contributed by atoms with Crippen LogP contribution in [0.15, 0.2) is 78.9 Å². The van der Waals surface area contributed by atoms with Gasteiger partial charge < -0.3 is 9.47 Å². The molecule has 0 spiro atoms. The largest absolute Gasteiger partial charge is 0.457 e. The number of ether oxygens (including phenoxy) is 2. The quantitative estimate of drug-likeness (QED) is 0.446. The van der Waals surface area contributed by atoms with Crippen molar-refractivity contribution in [3.05, 3.63) is 95.0 Å². The molecule has 0 atom stereocenters. The first-order valence-corrected chi connectivity index (χ1v) is 8.28. The number of hydrogen-bond acceptors (Lipinski definition) is 4. The van der Waals surface area contributed by atoms with Gasteiger partial charge in [0.05, 0.1) is 5.56 Å². The number of carbonyl (C=O) groups is 2. The lowest BCUT2D eigenvalue weighted by molar-refractivity contribution is 0.0474. The Labute approximate surface area is 155 Å². The van der Waals surface area contributed by atoms with Gasteiger partial charge in [0.1, 0.15) is 11.5 Å². The van der Waals surface area contributed by atoms with Gasteiger partial charge in [0.25, 0.3) is 0 Å². The van der Waals surface area contributed by atoms with Crippen molar-refractivity contribution in [2.24, 2.45) is 0 Å². The topological polar surface area (TPSA) is 52.6 Å². The summed E-state index contributed by atoms with van der Waals surface area (Å²) in [6, 6.07) is 22.3. The summed E-state index contributed by atoms with van der Waals surface area (Å²) in [5.41, 5.74) is 0.698. The maximum Gasteiger partial charge on any atom is 0.338 e. The van der Waals surface area contributed by atoms with Crippen LogP contribution in [0.25, 0.3) is 0 Å². The number of esters is 1. The van der Waals surface area contributed by atoms with Crippen LogP contribution in [0.5, 0.6) is 11.5 Å². The summed E-state index contributed by atoms with van der Waals surface area (Å²) in [5, 5.41) is 0.452. The van der Waals surface area contributed by atoms with Crippen molar-refractivity contribution >= 4 is 23.4 Å². The minimum absolute atomic E-state index is 0.303. The van der Waals surface area contributed by atoms with Crippen LogP contribution in [0.3, 0.4) is 0 Å². The lowest BCUT2D eigenvalue weighted by atomic mass is 10.1. The third kappa shape index (κ3) is 4.71. The highest BCUT2D eigenvalue weighted by atomic mass is 35.5. The number of rotatable bonds is 6. The molecule has 0 aliphatic carbocycles. The Morgan fingerprint density at radius 3 is 2.23 bits per heavy atom. The van der Waals surface area contributed by atoms with Gasteiger partial charge in [-0.2, -0.15) is 0 Å². The van der Waals surface area contributed by atoms with E-state index in [1.54, 1.807) is 42.5 Å². The molecule has 0 saturated heterocycles. The zero-order valence-corrected chi connectivity index (χ0v) is 14.5. The van der Waals surface area contributed by atoms with Crippen LogP contribution < -0.4 is 4.74 Å². The first-order valence-electron chi connectivity index (χ1n) is 7.91. The average Bonchev–Trinajstić information content (AvgIpc) is 2.67. The van der Waals surface area contributed by atoms with E-state index >= 15 is 0 Å². The standard InChI is InChI=1S/C21H15ClO4/c22-17-8-4-6-15(12-17)20(23)14-25-21(24)16-7-5-11-19(13-16)26-18-9-2-1-3-10-18/h1-13H,14H2. The van der Waals surface area contributed by atoms with Crippen LogP contribution in [0.2, 0.25) is 5.02 Å². The van der Waals surface area contributed by atoms with Crippen LogP contribution in [0, 0.1) is 0 Å². The number of carbonyl (C=O) groups excluding carboxylic acids is 2. The first-order chi connectivity index (χ1) is 12.6. The summed E-state index contributed by atoms with van der Waals surface area (Å²) >= 11 is 5.86. The van der Waals surface area contributed by atoms with Crippen LogP contribution in [-0.4, -0.2) is 18.4 Å². The molecule has 3 aromatic carbocycles. The molecular weight excluding hydrogens is 352 g/mol. The Kier molecular flexibility index (Phi) is 5.66. The maximum absolute atomic E-state index is 12.2. The predicted molar refractivity (Wildman–Crippen MR) is 99.0 cm³/mol. The highest BCUT2D eigenvalue weighted by Gasteiger charge is 2.13. The number of para-hydroxylation sites is 1. The predicted octanol–water partition coefficient (Wildman–Crippen LogP) is 5.17. The summed E-state index contributed by atoms with van der Waals surface area (Å²) in [6.07, 6.45) is 0. The molecular formula is C21H15ClO4. The fourth-order valence-corrected chi connectivity index (χ4v) is 2.46. The van der Waals surface area contributed by atoms with Crippen molar-refractivity contribution in [1.29, 1.82) is 0 Å². The molecule has 0 fully saturated rings. The minimum atomic E-state index is -0.598. The van der Waals surface area contributed by atoms with Gasteiger partial charge in [0.2, 0.25) is 0 Å². The summed E-state index contributed by atoms with van der Waals surface area (Å²) in [5.74, 6) is 0.248. The molecule has 0 heterocycles. The monoisotopic (exact) mass is 366 g/mol. The van der Waals surface area contributed by atoms with E-state index in [0.717, 1.165) is 0 Å². The van der Waals surface area contributed by atoms with Gasteiger partial charge in [-0.3, -0.25) is 4.79 Å². The molecule has 0 radical (unpaired) electrons. The van der Waals surface area contributed by atoms with Crippen LogP contribution >= 0.6 is 11.6 Å². The SMILES string of the molecule is O=C(COC(=O)c1cccc(Oc2ccccc2)c1)c1cccc(Cl)c1. The molecule has 0 unspecified atom stereocenters. The Morgan fingerprint density at radius 1 is 0.769 bits per heavy atom. The minimum Gasteiger partial charge on any atom is -0.457 e. The third-order valence-corrected chi connectivity index (χ3v) is 3.76. The summed E-state index contributed by atoms with van der Waals surface area (Å²) < 4.78 is 10.8. The third-order valence-electron chi connectivity index (χ3n) is 3.53. The van der Waals surface area contributed by atoms with Gasteiger partial charge >= 0.3 is 5.97 Å². The summed E-state index contributed by atoms with van der Waals surface area (Å²) in [6.45, 7) is -0.358. The van der Waals surface area contributed by atoms with E-state index in [0.29, 0.717) is 27.6 Å². The molecule has 0 aliphatic rings. The lowest BCUT2D eigenvalue weighted by Crippen LogP contribution is -2.14. The van der Waals surface area contributed by atoms with Gasteiger partial charge in [0.15, 0.2) is 12.4 Å². The molecule has 3 aromatic rings. The Balaban J connectivity index is 1.63. The molecule has 0 aromatic heterocycles. The first kappa shape index (κ1) is 17.7. The highest BCUT2D eigenvalue weighted by molar-refractivity contribution is 6.31.